The molecular weight excluding hydrogens is 288 g/mol. The van der Waals surface area contributed by atoms with Crippen molar-refractivity contribution in [3.05, 3.63) is 22.4 Å². The van der Waals surface area contributed by atoms with Gasteiger partial charge in [0.2, 0.25) is 5.91 Å². The minimum atomic E-state index is -0.747. The molecule has 1 aromatic heterocycles. The van der Waals surface area contributed by atoms with Crippen molar-refractivity contribution in [3.63, 3.8) is 0 Å². The number of carbonyl (C=O) groups is 2. The molecule has 2 fully saturated rings. The second kappa shape index (κ2) is 5.77. The molecule has 0 spiro atoms. The monoisotopic (exact) mass is 308 g/mol. The molecule has 2 bridgehead atoms. The maximum Gasteiger partial charge on any atom is 0.307 e. The van der Waals surface area contributed by atoms with Gasteiger partial charge in [0.15, 0.2) is 0 Å². The van der Waals surface area contributed by atoms with Gasteiger partial charge in [-0.05, 0) is 17.9 Å². The Hall–Kier alpha value is -1.40. The van der Waals surface area contributed by atoms with Crippen molar-refractivity contribution < 1.29 is 14.7 Å². The van der Waals surface area contributed by atoms with Crippen LogP contribution in [-0.2, 0) is 16.0 Å². The second-order valence-corrected chi connectivity index (χ2v) is 7.07. The number of fused-ring (bicyclic) bond motifs is 2. The zero-order valence-electron chi connectivity index (χ0n) is 12.1. The minimum Gasteiger partial charge on any atom is -0.481 e. The zero-order valence-corrected chi connectivity index (χ0v) is 12.9. The van der Waals surface area contributed by atoms with Crippen molar-refractivity contribution in [3.8, 4) is 0 Å². The number of likely N-dealkylation sites (tertiary alicyclic amines) is 2. The maximum atomic E-state index is 12.4. The van der Waals surface area contributed by atoms with E-state index in [1.54, 1.807) is 18.3 Å². The Labute approximate surface area is 128 Å². The van der Waals surface area contributed by atoms with Crippen LogP contribution in [0.5, 0.6) is 0 Å². The normalized spacial score (nSPS) is 26.2. The quantitative estimate of drug-likeness (QED) is 0.890. The number of rotatable bonds is 5. The van der Waals surface area contributed by atoms with Crippen molar-refractivity contribution >= 4 is 23.2 Å². The second-order valence-electron chi connectivity index (χ2n) is 6.04. The van der Waals surface area contributed by atoms with Gasteiger partial charge in [-0.1, -0.05) is 13.0 Å². The number of hydrogen-bond acceptors (Lipinski definition) is 4. The average molecular weight is 308 g/mol. The van der Waals surface area contributed by atoms with Crippen molar-refractivity contribution in [1.82, 2.24) is 9.80 Å². The summed E-state index contributed by atoms with van der Waals surface area (Å²) in [4.78, 5) is 28.7. The first kappa shape index (κ1) is 14.5. The van der Waals surface area contributed by atoms with Crippen molar-refractivity contribution in [2.75, 3.05) is 19.6 Å². The van der Waals surface area contributed by atoms with Crippen molar-refractivity contribution in [2.24, 2.45) is 5.92 Å². The number of carbonyl (C=O) groups excluding carboxylic acids is 1. The fourth-order valence-corrected chi connectivity index (χ4v) is 4.07. The number of thiophene rings is 1. The lowest BCUT2D eigenvalue weighted by molar-refractivity contribution is -0.142. The Bertz CT molecular complexity index is 531. The van der Waals surface area contributed by atoms with Gasteiger partial charge in [-0.3, -0.25) is 14.5 Å². The average Bonchev–Trinajstić information content (AvgIpc) is 3.13. The molecule has 21 heavy (non-hydrogen) atoms. The fourth-order valence-electron chi connectivity index (χ4n) is 3.37. The minimum absolute atomic E-state index is 0.205. The summed E-state index contributed by atoms with van der Waals surface area (Å²) in [7, 11) is 0. The van der Waals surface area contributed by atoms with Gasteiger partial charge in [0.25, 0.3) is 0 Å². The van der Waals surface area contributed by atoms with E-state index in [0.717, 1.165) is 24.4 Å². The number of aliphatic carboxylic acids is 1. The number of piperazine rings is 1. The number of carboxylic acids is 1. The molecule has 6 heteroatoms. The largest absolute Gasteiger partial charge is 0.481 e. The highest BCUT2D eigenvalue weighted by atomic mass is 32.1. The van der Waals surface area contributed by atoms with Gasteiger partial charge in [0, 0.05) is 36.6 Å². The van der Waals surface area contributed by atoms with Crippen LogP contribution in [0.4, 0.5) is 0 Å². The smallest absolute Gasteiger partial charge is 0.307 e. The van der Waals surface area contributed by atoms with Crippen LogP contribution in [-0.4, -0.2) is 58.5 Å². The van der Waals surface area contributed by atoms with E-state index in [4.69, 9.17) is 5.11 Å². The standard InChI is InChI=1S/C15H20N2O3S/c1-10(15(19)20)7-16-8-12-5-11(16)9-17(12)14(18)6-13-3-2-4-21-13/h2-4,10-12H,5-9H2,1H3,(H,19,20)/t10-,11-,12-/m0/s1. The molecule has 1 amide bonds. The van der Waals surface area contributed by atoms with Crippen molar-refractivity contribution in [2.45, 2.75) is 31.8 Å². The zero-order chi connectivity index (χ0) is 15.0. The predicted octanol–water partition coefficient (Wildman–Crippen LogP) is 1.30. The molecule has 1 N–H and O–H groups in total. The van der Waals surface area contributed by atoms with Crippen molar-refractivity contribution in [1.29, 1.82) is 0 Å². The summed E-state index contributed by atoms with van der Waals surface area (Å²) in [6.45, 7) is 3.90. The van der Waals surface area contributed by atoms with E-state index in [1.165, 1.54) is 0 Å². The van der Waals surface area contributed by atoms with Gasteiger partial charge in [-0.15, -0.1) is 11.3 Å². The van der Waals surface area contributed by atoms with E-state index in [2.05, 4.69) is 4.90 Å². The van der Waals surface area contributed by atoms with Crippen LogP contribution >= 0.6 is 11.3 Å². The third kappa shape index (κ3) is 2.96. The molecule has 0 saturated carbocycles. The Morgan fingerprint density at radius 3 is 2.81 bits per heavy atom. The summed E-state index contributed by atoms with van der Waals surface area (Å²) in [6.07, 6.45) is 1.48. The first-order chi connectivity index (χ1) is 10.0. The molecule has 1 aromatic rings. The summed E-state index contributed by atoms with van der Waals surface area (Å²) in [5, 5.41) is 11.0. The molecule has 3 atom stereocenters. The summed E-state index contributed by atoms with van der Waals surface area (Å²) >= 11 is 1.62. The lowest BCUT2D eigenvalue weighted by Crippen LogP contribution is -2.50. The van der Waals surface area contributed by atoms with Gasteiger partial charge in [0.1, 0.15) is 0 Å². The Morgan fingerprint density at radius 2 is 2.24 bits per heavy atom. The van der Waals surface area contributed by atoms with Crippen LogP contribution in [0.3, 0.4) is 0 Å². The van der Waals surface area contributed by atoms with Crippen LogP contribution in [0.2, 0.25) is 0 Å². The van der Waals surface area contributed by atoms with Crippen LogP contribution < -0.4 is 0 Å². The highest BCUT2D eigenvalue weighted by Gasteiger charge is 2.45. The number of amides is 1. The van der Waals surface area contributed by atoms with Gasteiger partial charge >= 0.3 is 5.97 Å². The van der Waals surface area contributed by atoms with Gasteiger partial charge in [0.05, 0.1) is 12.3 Å². The Kier molecular flexibility index (Phi) is 3.99. The molecule has 114 valence electrons. The van der Waals surface area contributed by atoms with E-state index in [1.807, 2.05) is 22.4 Å². The van der Waals surface area contributed by atoms with Gasteiger partial charge in [-0.2, -0.15) is 0 Å². The van der Waals surface area contributed by atoms with Crippen LogP contribution in [0.15, 0.2) is 17.5 Å². The third-order valence-corrected chi connectivity index (χ3v) is 5.39. The molecule has 3 rings (SSSR count). The summed E-state index contributed by atoms with van der Waals surface area (Å²) in [5.41, 5.74) is 0. The third-order valence-electron chi connectivity index (χ3n) is 4.51. The van der Waals surface area contributed by atoms with E-state index in [0.29, 0.717) is 19.0 Å². The van der Waals surface area contributed by atoms with Crippen LogP contribution in [0, 0.1) is 5.92 Å². The Balaban J connectivity index is 1.55. The van der Waals surface area contributed by atoms with Crippen LogP contribution in [0.1, 0.15) is 18.2 Å². The predicted molar refractivity (Wildman–Crippen MR) is 80.3 cm³/mol. The molecule has 2 aliphatic heterocycles. The first-order valence-corrected chi connectivity index (χ1v) is 8.21. The molecule has 3 heterocycles. The molecule has 0 radical (unpaired) electrons. The number of carboxylic acid groups (broad SMARTS) is 1. The summed E-state index contributed by atoms with van der Waals surface area (Å²) in [5.74, 6) is -0.890. The molecule has 2 saturated heterocycles. The topological polar surface area (TPSA) is 60.9 Å². The van der Waals surface area contributed by atoms with Gasteiger partial charge < -0.3 is 10.0 Å². The lowest BCUT2D eigenvalue weighted by atomic mass is 10.1. The van der Waals surface area contributed by atoms with E-state index >= 15 is 0 Å². The molecule has 2 aliphatic rings. The number of hydrogen-bond donors (Lipinski definition) is 1. The molecular formula is C15H20N2O3S. The SMILES string of the molecule is C[C@@H](CN1C[C@@H]2C[C@H]1CN2C(=O)Cc1cccs1)C(=O)O. The molecule has 0 aromatic carbocycles. The van der Waals surface area contributed by atoms with Crippen LogP contribution in [0.25, 0.3) is 0 Å². The molecule has 5 nitrogen and oxygen atoms in total. The van der Waals surface area contributed by atoms with E-state index in [9.17, 15) is 9.59 Å². The molecule has 0 unspecified atom stereocenters. The molecule has 0 aliphatic carbocycles. The summed E-state index contributed by atoms with van der Waals surface area (Å²) in [6, 6.07) is 4.57. The Morgan fingerprint density at radius 1 is 1.43 bits per heavy atom. The summed E-state index contributed by atoms with van der Waals surface area (Å²) < 4.78 is 0. The maximum absolute atomic E-state index is 12.4. The lowest BCUT2D eigenvalue weighted by Gasteiger charge is -2.35. The van der Waals surface area contributed by atoms with E-state index in [-0.39, 0.29) is 17.9 Å². The highest BCUT2D eigenvalue weighted by molar-refractivity contribution is 7.10. The number of nitrogens with zero attached hydrogens (tertiary/aromatic N) is 2. The van der Waals surface area contributed by atoms with Gasteiger partial charge in [-0.25, -0.2) is 0 Å². The fraction of sp³-hybridized carbons (Fsp3) is 0.600. The van der Waals surface area contributed by atoms with E-state index < -0.39 is 5.97 Å². The first-order valence-electron chi connectivity index (χ1n) is 7.33. The highest BCUT2D eigenvalue weighted by Crippen LogP contribution is 2.31.